The van der Waals surface area contributed by atoms with Crippen molar-refractivity contribution in [1.82, 2.24) is 9.97 Å². The van der Waals surface area contributed by atoms with Crippen LogP contribution in [0.2, 0.25) is 0 Å². The van der Waals surface area contributed by atoms with E-state index in [4.69, 9.17) is 0 Å². The van der Waals surface area contributed by atoms with Crippen LogP contribution in [0.3, 0.4) is 0 Å². The van der Waals surface area contributed by atoms with Gasteiger partial charge in [0, 0.05) is 22.4 Å². The second-order valence-electron chi connectivity index (χ2n) is 4.96. The molecule has 0 atom stereocenters. The van der Waals surface area contributed by atoms with Gasteiger partial charge in [0.15, 0.2) is 0 Å². The van der Waals surface area contributed by atoms with E-state index in [1.54, 1.807) is 6.07 Å². The van der Waals surface area contributed by atoms with Crippen molar-refractivity contribution < 1.29 is 4.79 Å². The van der Waals surface area contributed by atoms with Crippen LogP contribution >= 0.6 is 15.9 Å². The first-order chi connectivity index (χ1) is 10.6. The molecule has 2 rings (SSSR count). The minimum atomic E-state index is -0.244. The van der Waals surface area contributed by atoms with E-state index in [2.05, 4.69) is 43.5 Å². The van der Waals surface area contributed by atoms with Crippen molar-refractivity contribution in [3.8, 4) is 0 Å². The van der Waals surface area contributed by atoms with Crippen LogP contribution in [-0.4, -0.2) is 22.4 Å². The molecule has 0 aliphatic rings. The quantitative estimate of drug-likeness (QED) is 0.761. The number of aryl methyl sites for hydroxylation is 1. The van der Waals surface area contributed by atoms with Crippen molar-refractivity contribution in [3.05, 3.63) is 46.2 Å². The Morgan fingerprint density at radius 2 is 1.95 bits per heavy atom. The van der Waals surface area contributed by atoms with Crippen molar-refractivity contribution >= 4 is 33.5 Å². The molecule has 6 heteroatoms. The van der Waals surface area contributed by atoms with Gasteiger partial charge < -0.3 is 10.6 Å². The predicted octanol–water partition coefficient (Wildman–Crippen LogP) is 4.01. The molecule has 0 aliphatic heterocycles. The van der Waals surface area contributed by atoms with Gasteiger partial charge in [0.2, 0.25) is 5.95 Å². The molecule has 2 aromatic rings. The standard InChI is InChI=1S/C16H19BrN4O/c1-3-4-9-18-16-19-11(2)10-14(21-16)15(22)20-13-7-5-12(17)6-8-13/h5-8,10H,3-4,9H2,1-2H3,(H,20,22)(H,18,19,21). The van der Waals surface area contributed by atoms with Gasteiger partial charge >= 0.3 is 0 Å². The summed E-state index contributed by atoms with van der Waals surface area (Å²) in [6, 6.07) is 9.09. The zero-order valence-electron chi connectivity index (χ0n) is 12.7. The number of rotatable bonds is 6. The van der Waals surface area contributed by atoms with Crippen molar-refractivity contribution in [2.24, 2.45) is 0 Å². The van der Waals surface area contributed by atoms with Gasteiger partial charge in [-0.15, -0.1) is 0 Å². The van der Waals surface area contributed by atoms with Crippen molar-refractivity contribution in [2.45, 2.75) is 26.7 Å². The van der Waals surface area contributed by atoms with Crippen LogP contribution in [0.4, 0.5) is 11.6 Å². The Kier molecular flexibility index (Phi) is 5.89. The highest BCUT2D eigenvalue weighted by atomic mass is 79.9. The first-order valence-corrected chi connectivity index (χ1v) is 8.04. The maximum absolute atomic E-state index is 12.3. The van der Waals surface area contributed by atoms with Crippen LogP contribution in [0.15, 0.2) is 34.8 Å². The van der Waals surface area contributed by atoms with Crippen LogP contribution in [0.25, 0.3) is 0 Å². The maximum Gasteiger partial charge on any atom is 0.274 e. The van der Waals surface area contributed by atoms with Gasteiger partial charge in [0.1, 0.15) is 5.69 Å². The number of halogens is 1. The summed E-state index contributed by atoms with van der Waals surface area (Å²) in [5.41, 5.74) is 1.84. The van der Waals surface area contributed by atoms with E-state index < -0.39 is 0 Å². The molecule has 1 aromatic heterocycles. The monoisotopic (exact) mass is 362 g/mol. The number of unbranched alkanes of at least 4 members (excludes halogenated alkanes) is 1. The molecule has 0 unspecified atom stereocenters. The number of carbonyl (C=O) groups excluding carboxylic acids is 1. The summed E-state index contributed by atoms with van der Waals surface area (Å²) in [5.74, 6) is 0.251. The second-order valence-corrected chi connectivity index (χ2v) is 5.88. The zero-order valence-corrected chi connectivity index (χ0v) is 14.3. The molecular formula is C16H19BrN4O. The summed E-state index contributed by atoms with van der Waals surface area (Å²) >= 11 is 3.36. The molecule has 0 aliphatic carbocycles. The fourth-order valence-corrected chi connectivity index (χ4v) is 2.13. The van der Waals surface area contributed by atoms with Crippen LogP contribution in [0.5, 0.6) is 0 Å². The van der Waals surface area contributed by atoms with Gasteiger partial charge in [-0.2, -0.15) is 0 Å². The Labute approximate surface area is 138 Å². The zero-order chi connectivity index (χ0) is 15.9. The number of aromatic nitrogens is 2. The molecule has 1 aromatic carbocycles. The van der Waals surface area contributed by atoms with E-state index in [1.165, 1.54) is 0 Å². The molecule has 0 radical (unpaired) electrons. The number of nitrogens with one attached hydrogen (secondary N) is 2. The van der Waals surface area contributed by atoms with E-state index >= 15 is 0 Å². The summed E-state index contributed by atoms with van der Waals surface area (Å²) in [6.45, 7) is 4.77. The predicted molar refractivity (Wildman–Crippen MR) is 92.3 cm³/mol. The highest BCUT2D eigenvalue weighted by Gasteiger charge is 2.11. The third kappa shape index (κ3) is 4.80. The average Bonchev–Trinajstić information content (AvgIpc) is 2.49. The average molecular weight is 363 g/mol. The lowest BCUT2D eigenvalue weighted by molar-refractivity contribution is 0.102. The fourth-order valence-electron chi connectivity index (χ4n) is 1.87. The Balaban J connectivity index is 2.09. The topological polar surface area (TPSA) is 66.9 Å². The largest absolute Gasteiger partial charge is 0.354 e. The van der Waals surface area contributed by atoms with Gasteiger partial charge in [-0.05, 0) is 43.7 Å². The molecule has 1 amide bonds. The molecule has 22 heavy (non-hydrogen) atoms. The molecule has 0 saturated heterocycles. The van der Waals surface area contributed by atoms with Crippen LogP contribution in [0.1, 0.15) is 35.9 Å². The normalized spacial score (nSPS) is 10.3. The number of amides is 1. The Morgan fingerprint density at radius 3 is 2.64 bits per heavy atom. The third-order valence-electron chi connectivity index (χ3n) is 3.00. The number of nitrogens with zero attached hydrogens (tertiary/aromatic N) is 2. The van der Waals surface area contributed by atoms with Crippen LogP contribution < -0.4 is 10.6 Å². The minimum absolute atomic E-state index is 0.244. The Bertz CT molecular complexity index is 643. The molecule has 0 fully saturated rings. The summed E-state index contributed by atoms with van der Waals surface area (Å²) < 4.78 is 0.964. The van der Waals surface area contributed by atoms with E-state index in [0.717, 1.165) is 35.2 Å². The molecule has 1 heterocycles. The van der Waals surface area contributed by atoms with Gasteiger partial charge in [0.05, 0.1) is 0 Å². The van der Waals surface area contributed by atoms with Crippen LogP contribution in [-0.2, 0) is 0 Å². The first-order valence-electron chi connectivity index (χ1n) is 7.25. The van der Waals surface area contributed by atoms with Gasteiger partial charge in [0.25, 0.3) is 5.91 Å². The highest BCUT2D eigenvalue weighted by molar-refractivity contribution is 9.10. The van der Waals surface area contributed by atoms with Crippen molar-refractivity contribution in [3.63, 3.8) is 0 Å². The number of hydrogen-bond acceptors (Lipinski definition) is 4. The third-order valence-corrected chi connectivity index (χ3v) is 3.53. The number of benzene rings is 1. The summed E-state index contributed by atoms with van der Waals surface area (Å²) in [6.07, 6.45) is 2.13. The smallest absolute Gasteiger partial charge is 0.274 e. The second kappa shape index (κ2) is 7.89. The van der Waals surface area contributed by atoms with Gasteiger partial charge in [-0.3, -0.25) is 4.79 Å². The van der Waals surface area contributed by atoms with E-state index in [1.807, 2.05) is 31.2 Å². The molecule has 0 bridgehead atoms. The van der Waals surface area contributed by atoms with E-state index in [-0.39, 0.29) is 5.91 Å². The van der Waals surface area contributed by atoms with Crippen LogP contribution in [0, 0.1) is 6.92 Å². The Hall–Kier alpha value is -1.95. The molecule has 0 saturated carbocycles. The SMILES string of the molecule is CCCCNc1nc(C)cc(C(=O)Nc2ccc(Br)cc2)n1. The van der Waals surface area contributed by atoms with E-state index in [0.29, 0.717) is 11.6 Å². The number of hydrogen-bond donors (Lipinski definition) is 2. The number of carbonyl (C=O) groups is 1. The lowest BCUT2D eigenvalue weighted by Crippen LogP contribution is -2.16. The first kappa shape index (κ1) is 16.4. The lowest BCUT2D eigenvalue weighted by Gasteiger charge is -2.08. The summed E-state index contributed by atoms with van der Waals surface area (Å²) in [5, 5.41) is 5.97. The Morgan fingerprint density at radius 1 is 1.23 bits per heavy atom. The molecule has 116 valence electrons. The molecule has 5 nitrogen and oxygen atoms in total. The van der Waals surface area contributed by atoms with Crippen molar-refractivity contribution in [2.75, 3.05) is 17.2 Å². The minimum Gasteiger partial charge on any atom is -0.354 e. The molecule has 2 N–H and O–H groups in total. The fraction of sp³-hybridized carbons (Fsp3) is 0.312. The molecular weight excluding hydrogens is 344 g/mol. The summed E-state index contributed by atoms with van der Waals surface area (Å²) in [4.78, 5) is 20.9. The maximum atomic E-state index is 12.3. The van der Waals surface area contributed by atoms with Gasteiger partial charge in [-0.1, -0.05) is 29.3 Å². The summed E-state index contributed by atoms with van der Waals surface area (Å²) in [7, 11) is 0. The molecule has 0 spiro atoms. The van der Waals surface area contributed by atoms with Gasteiger partial charge in [-0.25, -0.2) is 9.97 Å². The lowest BCUT2D eigenvalue weighted by atomic mass is 10.3. The highest BCUT2D eigenvalue weighted by Crippen LogP contribution is 2.15. The van der Waals surface area contributed by atoms with Crippen molar-refractivity contribution in [1.29, 1.82) is 0 Å². The van der Waals surface area contributed by atoms with E-state index in [9.17, 15) is 4.79 Å². The number of anilines is 2.